The summed E-state index contributed by atoms with van der Waals surface area (Å²) >= 11 is 0. The minimum Gasteiger partial charge on any atom is -0.465 e. The summed E-state index contributed by atoms with van der Waals surface area (Å²) in [7, 11) is 4.24. The second kappa shape index (κ2) is 7.97. The van der Waals surface area contributed by atoms with Gasteiger partial charge in [0.2, 0.25) is 0 Å². The minimum absolute atomic E-state index is 0.220. The van der Waals surface area contributed by atoms with Crippen molar-refractivity contribution in [1.82, 2.24) is 14.7 Å². The van der Waals surface area contributed by atoms with Crippen LogP contribution in [0.5, 0.6) is 0 Å². The molecule has 0 N–H and O–H groups in total. The van der Waals surface area contributed by atoms with Crippen LogP contribution >= 0.6 is 0 Å². The molecule has 24 heavy (non-hydrogen) atoms. The van der Waals surface area contributed by atoms with Gasteiger partial charge in [0.05, 0.1) is 26.4 Å². The van der Waals surface area contributed by atoms with E-state index >= 15 is 0 Å². The zero-order valence-electron chi connectivity index (χ0n) is 15.3. The van der Waals surface area contributed by atoms with Crippen LogP contribution in [0.15, 0.2) is 16.5 Å². The Balaban J connectivity index is 1.61. The van der Waals surface area contributed by atoms with Crippen molar-refractivity contribution >= 4 is 0 Å². The Morgan fingerprint density at radius 2 is 1.92 bits per heavy atom. The van der Waals surface area contributed by atoms with Gasteiger partial charge in [-0.3, -0.25) is 9.80 Å². The van der Waals surface area contributed by atoms with E-state index in [0.717, 1.165) is 70.5 Å². The van der Waals surface area contributed by atoms with Crippen LogP contribution in [0.4, 0.5) is 0 Å². The highest BCUT2D eigenvalue weighted by molar-refractivity contribution is 5.06. The summed E-state index contributed by atoms with van der Waals surface area (Å²) in [5, 5.41) is 0. The van der Waals surface area contributed by atoms with Gasteiger partial charge in [-0.05, 0) is 33.2 Å². The molecule has 1 aromatic heterocycles. The van der Waals surface area contributed by atoms with Crippen molar-refractivity contribution in [1.29, 1.82) is 0 Å². The molecule has 3 rings (SSSR count). The fraction of sp³-hybridized carbons (Fsp3) is 0.778. The lowest BCUT2D eigenvalue weighted by Gasteiger charge is -2.43. The maximum atomic E-state index is 6.24. The van der Waals surface area contributed by atoms with Crippen LogP contribution in [0.3, 0.4) is 0 Å². The van der Waals surface area contributed by atoms with Crippen LogP contribution in [0, 0.1) is 6.92 Å². The Hall–Kier alpha value is -0.920. The lowest BCUT2D eigenvalue weighted by molar-refractivity contribution is -0.143. The number of rotatable bonds is 5. The van der Waals surface area contributed by atoms with Crippen molar-refractivity contribution < 1.29 is 13.9 Å². The molecular formula is C18H31N3O3. The highest BCUT2D eigenvalue weighted by Crippen LogP contribution is 2.24. The predicted molar refractivity (Wildman–Crippen MR) is 93.2 cm³/mol. The van der Waals surface area contributed by atoms with E-state index < -0.39 is 0 Å². The van der Waals surface area contributed by atoms with Crippen molar-refractivity contribution in [2.45, 2.75) is 19.1 Å². The Morgan fingerprint density at radius 3 is 2.67 bits per heavy atom. The molecule has 2 saturated heterocycles. The second-order valence-corrected chi connectivity index (χ2v) is 7.39. The Kier molecular flexibility index (Phi) is 5.94. The standard InChI is InChI=1S/C18H31N3O3/c1-16-4-5-17(24-16)12-21-9-11-23-18(14-21)13-20(7-6-19(2)3)8-10-22-15-18/h4-5H,6-15H2,1-3H3/t18-/m1/s1. The molecule has 2 aliphatic rings. The number of hydrogen-bond acceptors (Lipinski definition) is 6. The van der Waals surface area contributed by atoms with E-state index in [9.17, 15) is 0 Å². The first-order valence-corrected chi connectivity index (χ1v) is 8.91. The normalized spacial score (nSPS) is 27.0. The van der Waals surface area contributed by atoms with Gasteiger partial charge in [0.15, 0.2) is 0 Å². The maximum Gasteiger partial charge on any atom is 0.118 e. The molecule has 0 unspecified atom stereocenters. The fourth-order valence-corrected chi connectivity index (χ4v) is 3.55. The largest absolute Gasteiger partial charge is 0.465 e. The molecule has 0 saturated carbocycles. The quantitative estimate of drug-likeness (QED) is 0.800. The summed E-state index contributed by atoms with van der Waals surface area (Å²) in [5.74, 6) is 2.00. The molecule has 2 fully saturated rings. The van der Waals surface area contributed by atoms with Gasteiger partial charge in [0.25, 0.3) is 0 Å². The molecule has 1 aromatic rings. The number of ether oxygens (including phenoxy) is 2. The molecule has 6 nitrogen and oxygen atoms in total. The fourth-order valence-electron chi connectivity index (χ4n) is 3.55. The highest BCUT2D eigenvalue weighted by atomic mass is 16.5. The van der Waals surface area contributed by atoms with E-state index in [0.29, 0.717) is 6.61 Å². The number of nitrogens with zero attached hydrogens (tertiary/aromatic N) is 3. The predicted octanol–water partition coefficient (Wildman–Crippen LogP) is 1.05. The molecule has 1 spiro atoms. The molecule has 0 radical (unpaired) electrons. The zero-order chi connectivity index (χ0) is 17.0. The van der Waals surface area contributed by atoms with Crippen LogP contribution in [0.2, 0.25) is 0 Å². The van der Waals surface area contributed by atoms with Gasteiger partial charge in [-0.2, -0.15) is 0 Å². The minimum atomic E-state index is -0.220. The van der Waals surface area contributed by atoms with E-state index in [1.165, 1.54) is 0 Å². The van der Waals surface area contributed by atoms with Gasteiger partial charge in [-0.1, -0.05) is 0 Å². The molecule has 0 bridgehead atoms. The van der Waals surface area contributed by atoms with E-state index in [-0.39, 0.29) is 5.60 Å². The first-order valence-electron chi connectivity index (χ1n) is 8.91. The maximum absolute atomic E-state index is 6.24. The third-order valence-corrected chi connectivity index (χ3v) is 4.80. The van der Waals surface area contributed by atoms with Crippen molar-refractivity contribution in [3.05, 3.63) is 23.7 Å². The molecule has 2 aliphatic heterocycles. The number of morpholine rings is 1. The molecule has 3 heterocycles. The van der Waals surface area contributed by atoms with Crippen LogP contribution in [-0.2, 0) is 16.0 Å². The molecule has 0 aromatic carbocycles. The van der Waals surface area contributed by atoms with Gasteiger partial charge in [-0.25, -0.2) is 0 Å². The molecule has 0 aliphatic carbocycles. The Morgan fingerprint density at radius 1 is 1.12 bits per heavy atom. The monoisotopic (exact) mass is 337 g/mol. The van der Waals surface area contributed by atoms with E-state index in [4.69, 9.17) is 13.9 Å². The van der Waals surface area contributed by atoms with Crippen LogP contribution < -0.4 is 0 Å². The average Bonchev–Trinajstić information content (AvgIpc) is 2.84. The van der Waals surface area contributed by atoms with Gasteiger partial charge >= 0.3 is 0 Å². The van der Waals surface area contributed by atoms with Crippen molar-refractivity contribution in [2.75, 3.05) is 73.2 Å². The van der Waals surface area contributed by atoms with Crippen molar-refractivity contribution in [3.8, 4) is 0 Å². The summed E-state index contributed by atoms with van der Waals surface area (Å²) in [6.45, 7) is 10.9. The van der Waals surface area contributed by atoms with Crippen molar-refractivity contribution in [2.24, 2.45) is 0 Å². The molecule has 136 valence electrons. The van der Waals surface area contributed by atoms with E-state index in [2.05, 4.69) is 34.9 Å². The van der Waals surface area contributed by atoms with Crippen LogP contribution in [0.1, 0.15) is 11.5 Å². The summed E-state index contributed by atoms with van der Waals surface area (Å²) in [5.41, 5.74) is -0.220. The number of furan rings is 1. The summed E-state index contributed by atoms with van der Waals surface area (Å²) in [6.07, 6.45) is 0. The molecular weight excluding hydrogens is 306 g/mol. The average molecular weight is 337 g/mol. The molecule has 0 amide bonds. The first kappa shape index (κ1) is 17.9. The number of hydrogen-bond donors (Lipinski definition) is 0. The third kappa shape index (κ3) is 4.80. The van der Waals surface area contributed by atoms with Gasteiger partial charge in [0, 0.05) is 39.3 Å². The van der Waals surface area contributed by atoms with E-state index in [1.54, 1.807) is 0 Å². The summed E-state index contributed by atoms with van der Waals surface area (Å²) < 4.78 is 17.9. The van der Waals surface area contributed by atoms with Crippen LogP contribution in [-0.4, -0.2) is 93.5 Å². The summed E-state index contributed by atoms with van der Waals surface area (Å²) in [4.78, 5) is 7.14. The topological polar surface area (TPSA) is 41.3 Å². The van der Waals surface area contributed by atoms with Crippen molar-refractivity contribution in [3.63, 3.8) is 0 Å². The second-order valence-electron chi connectivity index (χ2n) is 7.39. The first-order chi connectivity index (χ1) is 11.5. The number of aryl methyl sites for hydroxylation is 1. The number of likely N-dealkylation sites (N-methyl/N-ethyl adjacent to an activating group) is 1. The smallest absolute Gasteiger partial charge is 0.118 e. The Bertz CT molecular complexity index is 519. The molecule has 1 atom stereocenters. The molecule has 6 heteroatoms. The SMILES string of the molecule is Cc1ccc(CN2CCO[C@@]3(COCCN(CCN(C)C)C3)C2)o1. The zero-order valence-corrected chi connectivity index (χ0v) is 15.3. The third-order valence-electron chi connectivity index (χ3n) is 4.80. The van der Waals surface area contributed by atoms with Gasteiger partial charge < -0.3 is 18.8 Å². The lowest BCUT2D eigenvalue weighted by atomic mass is 10.0. The highest BCUT2D eigenvalue weighted by Gasteiger charge is 2.40. The van der Waals surface area contributed by atoms with Gasteiger partial charge in [-0.15, -0.1) is 0 Å². The van der Waals surface area contributed by atoms with Crippen LogP contribution in [0.25, 0.3) is 0 Å². The van der Waals surface area contributed by atoms with E-state index in [1.807, 2.05) is 13.0 Å². The van der Waals surface area contributed by atoms with Gasteiger partial charge in [0.1, 0.15) is 17.1 Å². The lowest BCUT2D eigenvalue weighted by Crippen LogP contribution is -2.58. The summed E-state index contributed by atoms with van der Waals surface area (Å²) in [6, 6.07) is 4.10. The Labute approximate surface area is 145 Å².